The number of rotatable bonds is 12. The molecule has 7 nitrogen and oxygen atoms in total. The summed E-state index contributed by atoms with van der Waals surface area (Å²) in [6.45, 7) is 9.87. The fourth-order valence-electron chi connectivity index (χ4n) is 4.21. The van der Waals surface area contributed by atoms with Crippen molar-refractivity contribution in [3.05, 3.63) is 94.5 Å². The van der Waals surface area contributed by atoms with Gasteiger partial charge in [0.25, 0.3) is 10.0 Å². The van der Waals surface area contributed by atoms with Gasteiger partial charge < -0.3 is 10.2 Å². The van der Waals surface area contributed by atoms with E-state index in [2.05, 4.69) is 5.32 Å². The van der Waals surface area contributed by atoms with Crippen molar-refractivity contribution in [3.63, 3.8) is 0 Å². The maximum Gasteiger partial charge on any atom is 0.264 e. The second-order valence-corrected chi connectivity index (χ2v) is 12.7. The molecule has 3 aromatic carbocycles. The van der Waals surface area contributed by atoms with Gasteiger partial charge in [-0.05, 0) is 68.1 Å². The van der Waals surface area contributed by atoms with Crippen LogP contribution < -0.4 is 9.62 Å². The molecule has 40 heavy (non-hydrogen) atoms. The third-order valence-corrected chi connectivity index (χ3v) is 8.59. The molecule has 1 atom stereocenters. The highest BCUT2D eigenvalue weighted by molar-refractivity contribution is 7.92. The fourth-order valence-corrected chi connectivity index (χ4v) is 5.75. The molecule has 0 unspecified atom stereocenters. The Morgan fingerprint density at radius 3 is 1.95 bits per heavy atom. The van der Waals surface area contributed by atoms with Crippen LogP contribution in [0.5, 0.6) is 0 Å². The summed E-state index contributed by atoms with van der Waals surface area (Å²) in [7, 11) is -4.14. The van der Waals surface area contributed by atoms with Gasteiger partial charge in [0, 0.05) is 18.1 Å². The number of carbonyl (C=O) groups excluding carboxylic acids is 2. The third-order valence-electron chi connectivity index (χ3n) is 6.55. The summed E-state index contributed by atoms with van der Waals surface area (Å²) in [5.41, 5.74) is 3.22. The van der Waals surface area contributed by atoms with E-state index in [1.165, 1.54) is 29.2 Å². The number of aryl methyl sites for hydroxylation is 2. The minimum atomic E-state index is -4.14. The van der Waals surface area contributed by atoms with Gasteiger partial charge in [-0.25, -0.2) is 8.42 Å². The first-order valence-corrected chi connectivity index (χ1v) is 15.2. The first-order valence-electron chi connectivity index (χ1n) is 13.4. The molecule has 0 saturated heterocycles. The molecule has 214 valence electrons. The van der Waals surface area contributed by atoms with Crippen LogP contribution in [-0.2, 0) is 26.2 Å². The second kappa shape index (κ2) is 13.8. The average molecular weight is 584 g/mol. The SMILES string of the molecule is CC[C@@H](C(=O)NCC(C)C)N(Cc1ccc(C)cc1)C(=O)CN(c1ccc(C)cc1)S(=O)(=O)c1ccc(Cl)cc1. The Labute approximate surface area is 243 Å². The lowest BCUT2D eigenvalue weighted by Crippen LogP contribution is -2.52. The van der Waals surface area contributed by atoms with Gasteiger partial charge in [0.15, 0.2) is 0 Å². The van der Waals surface area contributed by atoms with E-state index >= 15 is 0 Å². The van der Waals surface area contributed by atoms with Crippen molar-refractivity contribution < 1.29 is 18.0 Å². The van der Waals surface area contributed by atoms with Crippen LogP contribution in [0.1, 0.15) is 43.9 Å². The van der Waals surface area contributed by atoms with Crippen LogP contribution in [0.15, 0.2) is 77.7 Å². The van der Waals surface area contributed by atoms with Crippen molar-refractivity contribution in [3.8, 4) is 0 Å². The standard InChI is InChI=1S/C31H38ClN3O4S/c1-6-29(31(37)33-19-22(2)3)34(20-25-11-7-23(4)8-12-25)30(36)21-35(27-15-9-24(5)10-16-27)40(38,39)28-17-13-26(32)14-18-28/h7-18,22,29H,6,19-21H2,1-5H3,(H,33,37)/t29-/m0/s1. The normalized spacial score (nSPS) is 12.2. The molecule has 0 aliphatic carbocycles. The summed E-state index contributed by atoms with van der Waals surface area (Å²) >= 11 is 6.01. The van der Waals surface area contributed by atoms with E-state index in [0.717, 1.165) is 21.0 Å². The molecule has 3 aromatic rings. The Kier molecular flexibility index (Phi) is 10.8. The first kappa shape index (κ1) is 31.2. The van der Waals surface area contributed by atoms with E-state index in [1.54, 1.807) is 24.3 Å². The lowest BCUT2D eigenvalue weighted by molar-refractivity contribution is -0.140. The number of anilines is 1. The van der Waals surface area contributed by atoms with Gasteiger partial charge >= 0.3 is 0 Å². The molecule has 9 heteroatoms. The topological polar surface area (TPSA) is 86.8 Å². The van der Waals surface area contributed by atoms with Crippen molar-refractivity contribution in [2.75, 3.05) is 17.4 Å². The smallest absolute Gasteiger partial charge is 0.264 e. The molecule has 0 heterocycles. The number of nitrogens with zero attached hydrogens (tertiary/aromatic N) is 2. The molecule has 0 spiro atoms. The molecule has 0 saturated carbocycles. The highest BCUT2D eigenvalue weighted by Crippen LogP contribution is 2.26. The third kappa shape index (κ3) is 8.08. The van der Waals surface area contributed by atoms with E-state index in [-0.39, 0.29) is 23.3 Å². The zero-order valence-electron chi connectivity index (χ0n) is 23.7. The molecule has 0 aliphatic heterocycles. The van der Waals surface area contributed by atoms with Crippen LogP contribution in [-0.4, -0.2) is 44.3 Å². The van der Waals surface area contributed by atoms with Gasteiger partial charge in [0.1, 0.15) is 12.6 Å². The average Bonchev–Trinajstić information content (AvgIpc) is 2.92. The molecule has 0 aliphatic rings. The van der Waals surface area contributed by atoms with E-state index in [4.69, 9.17) is 11.6 Å². The number of sulfonamides is 1. The fraction of sp³-hybridized carbons (Fsp3) is 0.355. The van der Waals surface area contributed by atoms with Gasteiger partial charge in [-0.3, -0.25) is 13.9 Å². The number of halogens is 1. The van der Waals surface area contributed by atoms with Gasteiger partial charge in [-0.15, -0.1) is 0 Å². The molecule has 3 rings (SSSR count). The van der Waals surface area contributed by atoms with E-state index in [0.29, 0.717) is 23.7 Å². The zero-order valence-corrected chi connectivity index (χ0v) is 25.3. The van der Waals surface area contributed by atoms with Gasteiger partial charge in [-0.1, -0.05) is 79.9 Å². The van der Waals surface area contributed by atoms with Crippen molar-refractivity contribution in [1.29, 1.82) is 0 Å². The molecule has 0 bridgehead atoms. The quantitative estimate of drug-likeness (QED) is 0.295. The number of amides is 2. The predicted octanol–water partition coefficient (Wildman–Crippen LogP) is 5.73. The van der Waals surface area contributed by atoms with E-state index < -0.39 is 28.5 Å². The van der Waals surface area contributed by atoms with Crippen molar-refractivity contribution >= 4 is 39.1 Å². The lowest BCUT2D eigenvalue weighted by Gasteiger charge is -2.33. The monoisotopic (exact) mass is 583 g/mol. The predicted molar refractivity (Wildman–Crippen MR) is 161 cm³/mol. The molecular formula is C31H38ClN3O4S. The molecule has 0 fully saturated rings. The zero-order chi connectivity index (χ0) is 29.4. The summed E-state index contributed by atoms with van der Waals surface area (Å²) in [5, 5.41) is 3.34. The van der Waals surface area contributed by atoms with E-state index in [1.807, 2.05) is 58.9 Å². The van der Waals surface area contributed by atoms with Gasteiger partial charge in [0.2, 0.25) is 11.8 Å². The first-order chi connectivity index (χ1) is 18.9. The van der Waals surface area contributed by atoms with Crippen LogP contribution in [0.25, 0.3) is 0 Å². The Balaban J connectivity index is 2.03. The molecule has 1 N–H and O–H groups in total. The maximum atomic E-state index is 14.1. The van der Waals surface area contributed by atoms with Crippen LogP contribution in [0.4, 0.5) is 5.69 Å². The molecular weight excluding hydrogens is 546 g/mol. The number of hydrogen-bond acceptors (Lipinski definition) is 4. The minimum Gasteiger partial charge on any atom is -0.354 e. The van der Waals surface area contributed by atoms with Crippen LogP contribution in [0.3, 0.4) is 0 Å². The van der Waals surface area contributed by atoms with E-state index in [9.17, 15) is 18.0 Å². The lowest BCUT2D eigenvalue weighted by atomic mass is 10.1. The van der Waals surface area contributed by atoms with Crippen molar-refractivity contribution in [2.24, 2.45) is 5.92 Å². The van der Waals surface area contributed by atoms with Crippen LogP contribution in [0.2, 0.25) is 5.02 Å². The highest BCUT2D eigenvalue weighted by Gasteiger charge is 2.33. The Hall–Kier alpha value is -3.36. The van der Waals surface area contributed by atoms with Crippen LogP contribution in [0, 0.1) is 19.8 Å². The number of benzene rings is 3. The second-order valence-electron chi connectivity index (χ2n) is 10.4. The van der Waals surface area contributed by atoms with Crippen molar-refractivity contribution in [2.45, 2.75) is 58.5 Å². The summed E-state index contributed by atoms with van der Waals surface area (Å²) in [6, 6.07) is 19.7. The summed E-state index contributed by atoms with van der Waals surface area (Å²) in [6.07, 6.45) is 0.371. The summed E-state index contributed by atoms with van der Waals surface area (Å²) in [5.74, 6) is -0.506. The Bertz CT molecular complexity index is 1390. The number of hydrogen-bond donors (Lipinski definition) is 1. The van der Waals surface area contributed by atoms with Gasteiger partial charge in [0.05, 0.1) is 10.6 Å². The summed E-state index contributed by atoms with van der Waals surface area (Å²) < 4.78 is 28.8. The Morgan fingerprint density at radius 2 is 1.43 bits per heavy atom. The maximum absolute atomic E-state index is 14.1. The van der Waals surface area contributed by atoms with Gasteiger partial charge in [-0.2, -0.15) is 0 Å². The summed E-state index contributed by atoms with van der Waals surface area (Å²) in [4.78, 5) is 28.8. The minimum absolute atomic E-state index is 0.0112. The highest BCUT2D eigenvalue weighted by atomic mass is 35.5. The number of nitrogens with one attached hydrogen (secondary N) is 1. The Morgan fingerprint density at radius 1 is 0.875 bits per heavy atom. The largest absolute Gasteiger partial charge is 0.354 e. The number of carbonyl (C=O) groups is 2. The van der Waals surface area contributed by atoms with Crippen LogP contribution >= 0.6 is 11.6 Å². The van der Waals surface area contributed by atoms with Crippen molar-refractivity contribution in [1.82, 2.24) is 10.2 Å². The molecule has 0 radical (unpaired) electrons. The molecule has 0 aromatic heterocycles. The molecule has 2 amide bonds.